The van der Waals surface area contributed by atoms with E-state index in [0.717, 1.165) is 17.6 Å². The predicted octanol–water partition coefficient (Wildman–Crippen LogP) is 4.49. The van der Waals surface area contributed by atoms with Crippen molar-refractivity contribution in [1.82, 2.24) is 4.98 Å². The Kier molecular flexibility index (Phi) is 3.97. The summed E-state index contributed by atoms with van der Waals surface area (Å²) < 4.78 is 25.9. The molecule has 2 rings (SSSR count). The second-order valence-electron chi connectivity index (χ2n) is 4.04. The van der Waals surface area contributed by atoms with Crippen LogP contribution in [0.2, 0.25) is 0 Å². The third kappa shape index (κ3) is 3.53. The van der Waals surface area contributed by atoms with Gasteiger partial charge in [0.2, 0.25) is 0 Å². The average Bonchev–Trinajstić information content (AvgIpc) is 2.37. The van der Waals surface area contributed by atoms with Crippen LogP contribution in [0, 0.1) is 0 Å². The predicted molar refractivity (Wildman–Crippen MR) is 69.8 cm³/mol. The van der Waals surface area contributed by atoms with E-state index in [-0.39, 0.29) is 5.69 Å². The summed E-state index contributed by atoms with van der Waals surface area (Å²) in [7, 11) is 0. The monoisotopic (exact) mass is 265 g/mol. The number of pyridine rings is 1. The van der Waals surface area contributed by atoms with E-state index in [2.05, 4.69) is 4.98 Å². The lowest BCUT2D eigenvalue weighted by atomic mass is 10.2. The minimum absolute atomic E-state index is 0.188. The molecule has 1 heterocycles. The van der Waals surface area contributed by atoms with Crippen LogP contribution in [0.4, 0.5) is 8.78 Å². The SMILES string of the molecule is CC(F)(F)c1ccc(SCc2ccccc2)cn1. The number of thioether (sulfide) groups is 1. The van der Waals surface area contributed by atoms with Gasteiger partial charge in [-0.1, -0.05) is 30.3 Å². The lowest BCUT2D eigenvalue weighted by Gasteiger charge is -2.09. The van der Waals surface area contributed by atoms with E-state index in [9.17, 15) is 8.78 Å². The molecule has 18 heavy (non-hydrogen) atoms. The molecule has 0 bridgehead atoms. The van der Waals surface area contributed by atoms with Gasteiger partial charge in [0.15, 0.2) is 0 Å². The molecular formula is C14H13F2NS. The molecule has 0 amide bonds. The van der Waals surface area contributed by atoms with Gasteiger partial charge in [-0.2, -0.15) is 8.78 Å². The fourth-order valence-electron chi connectivity index (χ4n) is 1.47. The summed E-state index contributed by atoms with van der Waals surface area (Å²) in [6, 6.07) is 13.1. The van der Waals surface area contributed by atoms with E-state index in [1.54, 1.807) is 17.8 Å². The van der Waals surface area contributed by atoms with Gasteiger partial charge in [0, 0.05) is 23.8 Å². The number of benzene rings is 1. The Bertz CT molecular complexity index is 491. The van der Waals surface area contributed by atoms with Crippen LogP contribution >= 0.6 is 11.8 Å². The normalized spacial score (nSPS) is 11.5. The van der Waals surface area contributed by atoms with E-state index < -0.39 is 5.92 Å². The van der Waals surface area contributed by atoms with Crippen molar-refractivity contribution in [3.05, 3.63) is 59.9 Å². The van der Waals surface area contributed by atoms with Crippen LogP contribution in [0.1, 0.15) is 18.2 Å². The number of alkyl halides is 2. The Morgan fingerprint density at radius 1 is 1.11 bits per heavy atom. The lowest BCUT2D eigenvalue weighted by molar-refractivity contribution is 0.0127. The van der Waals surface area contributed by atoms with E-state index >= 15 is 0 Å². The fourth-order valence-corrected chi connectivity index (χ4v) is 2.28. The van der Waals surface area contributed by atoms with Crippen molar-refractivity contribution in [3.63, 3.8) is 0 Å². The van der Waals surface area contributed by atoms with Gasteiger partial charge in [-0.15, -0.1) is 11.8 Å². The lowest BCUT2D eigenvalue weighted by Crippen LogP contribution is -2.08. The van der Waals surface area contributed by atoms with Crippen LogP contribution in [0.3, 0.4) is 0 Å². The van der Waals surface area contributed by atoms with Gasteiger partial charge in [-0.3, -0.25) is 4.98 Å². The largest absolute Gasteiger partial charge is 0.286 e. The second kappa shape index (κ2) is 5.48. The smallest absolute Gasteiger partial charge is 0.254 e. The minimum atomic E-state index is -2.87. The second-order valence-corrected chi connectivity index (χ2v) is 5.09. The zero-order chi connectivity index (χ0) is 13.0. The van der Waals surface area contributed by atoms with Gasteiger partial charge < -0.3 is 0 Å². The number of hydrogen-bond donors (Lipinski definition) is 0. The third-order valence-electron chi connectivity index (χ3n) is 2.43. The summed E-state index contributed by atoms with van der Waals surface area (Å²) in [4.78, 5) is 4.69. The quantitative estimate of drug-likeness (QED) is 0.756. The zero-order valence-electron chi connectivity index (χ0n) is 9.94. The molecule has 0 fully saturated rings. The molecule has 4 heteroatoms. The van der Waals surface area contributed by atoms with Crippen LogP contribution in [-0.4, -0.2) is 4.98 Å². The Morgan fingerprint density at radius 2 is 1.83 bits per heavy atom. The molecule has 1 aromatic carbocycles. The number of hydrogen-bond acceptors (Lipinski definition) is 2. The molecule has 0 radical (unpaired) electrons. The summed E-state index contributed by atoms with van der Waals surface area (Å²) in [6.45, 7) is 0.853. The van der Waals surface area contributed by atoms with Crippen LogP contribution in [-0.2, 0) is 11.7 Å². The van der Waals surface area contributed by atoms with Gasteiger partial charge in [0.25, 0.3) is 5.92 Å². The Morgan fingerprint density at radius 3 is 2.39 bits per heavy atom. The Balaban J connectivity index is 1.99. The van der Waals surface area contributed by atoms with Gasteiger partial charge in [0.05, 0.1) is 0 Å². The molecule has 2 aromatic rings. The maximum absolute atomic E-state index is 13.0. The number of halogens is 2. The highest BCUT2D eigenvalue weighted by molar-refractivity contribution is 7.98. The van der Waals surface area contributed by atoms with Gasteiger partial charge in [-0.05, 0) is 17.7 Å². The van der Waals surface area contributed by atoms with Crippen molar-refractivity contribution in [2.45, 2.75) is 23.5 Å². The van der Waals surface area contributed by atoms with Crippen molar-refractivity contribution < 1.29 is 8.78 Å². The first kappa shape index (κ1) is 13.0. The van der Waals surface area contributed by atoms with Crippen molar-refractivity contribution in [2.24, 2.45) is 0 Å². The highest BCUT2D eigenvalue weighted by atomic mass is 32.2. The summed E-state index contributed by atoms with van der Waals surface area (Å²) in [6.07, 6.45) is 1.50. The zero-order valence-corrected chi connectivity index (χ0v) is 10.8. The molecule has 1 nitrogen and oxygen atoms in total. The molecule has 1 aromatic heterocycles. The molecule has 0 atom stereocenters. The maximum atomic E-state index is 13.0. The Labute approximate surface area is 109 Å². The van der Waals surface area contributed by atoms with Crippen LogP contribution in [0.25, 0.3) is 0 Å². The van der Waals surface area contributed by atoms with E-state index in [1.165, 1.54) is 17.8 Å². The van der Waals surface area contributed by atoms with Crippen molar-refractivity contribution in [1.29, 1.82) is 0 Å². The molecule has 0 saturated carbocycles. The van der Waals surface area contributed by atoms with E-state index in [0.29, 0.717) is 0 Å². The summed E-state index contributed by atoms with van der Waals surface area (Å²) in [5.41, 5.74) is 1.01. The fraction of sp³-hybridized carbons (Fsp3) is 0.214. The van der Waals surface area contributed by atoms with Crippen molar-refractivity contribution in [3.8, 4) is 0 Å². The topological polar surface area (TPSA) is 12.9 Å². The van der Waals surface area contributed by atoms with Gasteiger partial charge in [0.1, 0.15) is 5.69 Å². The molecule has 0 aliphatic heterocycles. The Hall–Kier alpha value is -1.42. The maximum Gasteiger partial charge on any atom is 0.286 e. The highest BCUT2D eigenvalue weighted by Crippen LogP contribution is 2.27. The highest BCUT2D eigenvalue weighted by Gasteiger charge is 2.25. The molecule has 0 aliphatic rings. The summed E-state index contributed by atoms with van der Waals surface area (Å²) in [5, 5.41) is 0. The molecule has 0 N–H and O–H groups in total. The first-order valence-electron chi connectivity index (χ1n) is 5.57. The van der Waals surface area contributed by atoms with E-state index in [4.69, 9.17) is 0 Å². The van der Waals surface area contributed by atoms with Crippen LogP contribution in [0.15, 0.2) is 53.6 Å². The van der Waals surface area contributed by atoms with Crippen molar-refractivity contribution >= 4 is 11.8 Å². The van der Waals surface area contributed by atoms with Crippen LogP contribution in [0.5, 0.6) is 0 Å². The van der Waals surface area contributed by atoms with Crippen LogP contribution < -0.4 is 0 Å². The minimum Gasteiger partial charge on any atom is -0.254 e. The number of nitrogens with zero attached hydrogens (tertiary/aromatic N) is 1. The summed E-state index contributed by atoms with van der Waals surface area (Å²) >= 11 is 1.59. The van der Waals surface area contributed by atoms with E-state index in [1.807, 2.05) is 30.3 Å². The molecule has 0 unspecified atom stereocenters. The number of aromatic nitrogens is 1. The molecular weight excluding hydrogens is 252 g/mol. The van der Waals surface area contributed by atoms with Crippen molar-refractivity contribution in [2.75, 3.05) is 0 Å². The standard InChI is InChI=1S/C14H13F2NS/c1-14(15,16)13-8-7-12(9-17-13)18-10-11-5-3-2-4-6-11/h2-9H,10H2,1H3. The third-order valence-corrected chi connectivity index (χ3v) is 3.49. The van der Waals surface area contributed by atoms with Gasteiger partial charge in [-0.25, -0.2) is 0 Å². The molecule has 94 valence electrons. The number of rotatable bonds is 4. The first-order chi connectivity index (χ1) is 8.55. The molecule has 0 saturated heterocycles. The molecule has 0 spiro atoms. The first-order valence-corrected chi connectivity index (χ1v) is 6.55. The molecule has 0 aliphatic carbocycles. The van der Waals surface area contributed by atoms with Gasteiger partial charge >= 0.3 is 0 Å². The summed E-state index contributed by atoms with van der Waals surface area (Å²) in [5.74, 6) is -2.06. The average molecular weight is 265 g/mol.